The SMILES string of the molecule is CCC1CC(Cc2ccc(C#CC(C)(C)CC(C)(C)COC(C)(CC)CCC(C)C(C)(C)C)nc2)C1. The first-order valence-electron chi connectivity index (χ1n) is 14.7. The predicted molar refractivity (Wildman–Crippen MR) is 156 cm³/mol. The number of rotatable bonds is 12. The van der Waals surface area contributed by atoms with Gasteiger partial charge < -0.3 is 4.74 Å². The van der Waals surface area contributed by atoms with Gasteiger partial charge in [0.1, 0.15) is 5.69 Å². The average Bonchev–Trinajstić information content (AvgIpc) is 2.76. The molecule has 1 saturated carbocycles. The summed E-state index contributed by atoms with van der Waals surface area (Å²) in [5.41, 5.74) is 2.48. The Morgan fingerprint density at radius 3 is 2.19 bits per heavy atom. The van der Waals surface area contributed by atoms with Gasteiger partial charge in [-0.3, -0.25) is 0 Å². The van der Waals surface area contributed by atoms with Crippen LogP contribution in [0.4, 0.5) is 0 Å². The minimum absolute atomic E-state index is 0.0562. The first-order valence-corrected chi connectivity index (χ1v) is 14.7. The smallest absolute Gasteiger partial charge is 0.113 e. The van der Waals surface area contributed by atoms with Crippen LogP contribution in [-0.2, 0) is 11.2 Å². The molecule has 1 aromatic heterocycles. The Balaban J connectivity index is 1.89. The molecular weight excluding hydrogens is 438 g/mol. The number of ether oxygens (including phenoxy) is 1. The summed E-state index contributed by atoms with van der Waals surface area (Å²) in [6.07, 6.45) is 11.7. The summed E-state index contributed by atoms with van der Waals surface area (Å²) in [7, 11) is 0. The zero-order chi connectivity index (χ0) is 27.2. The molecule has 1 heterocycles. The van der Waals surface area contributed by atoms with E-state index in [1.165, 1.54) is 37.7 Å². The molecule has 0 aliphatic heterocycles. The molecule has 36 heavy (non-hydrogen) atoms. The highest BCUT2D eigenvalue weighted by Gasteiger charge is 2.33. The third kappa shape index (κ3) is 10.2. The topological polar surface area (TPSA) is 22.1 Å². The van der Waals surface area contributed by atoms with Crippen molar-refractivity contribution in [1.82, 2.24) is 4.98 Å². The fraction of sp³-hybridized carbons (Fsp3) is 0.794. The second kappa shape index (κ2) is 12.5. The van der Waals surface area contributed by atoms with Crippen molar-refractivity contribution in [2.24, 2.45) is 34.0 Å². The highest BCUT2D eigenvalue weighted by molar-refractivity contribution is 5.31. The van der Waals surface area contributed by atoms with Crippen LogP contribution in [0.3, 0.4) is 0 Å². The molecule has 204 valence electrons. The van der Waals surface area contributed by atoms with E-state index in [-0.39, 0.29) is 16.4 Å². The first kappa shape index (κ1) is 30.9. The lowest BCUT2D eigenvalue weighted by Gasteiger charge is -2.38. The molecule has 2 unspecified atom stereocenters. The van der Waals surface area contributed by atoms with Gasteiger partial charge in [0.15, 0.2) is 0 Å². The summed E-state index contributed by atoms with van der Waals surface area (Å²) in [4.78, 5) is 4.66. The fourth-order valence-corrected chi connectivity index (χ4v) is 5.53. The van der Waals surface area contributed by atoms with Crippen LogP contribution in [0.5, 0.6) is 0 Å². The Kier molecular flexibility index (Phi) is 10.7. The Hall–Kier alpha value is -1.33. The minimum atomic E-state index is -0.0995. The van der Waals surface area contributed by atoms with Gasteiger partial charge in [-0.25, -0.2) is 4.98 Å². The van der Waals surface area contributed by atoms with Crippen molar-refractivity contribution in [1.29, 1.82) is 0 Å². The third-order valence-electron chi connectivity index (χ3n) is 8.85. The molecule has 2 atom stereocenters. The van der Waals surface area contributed by atoms with Gasteiger partial charge >= 0.3 is 0 Å². The molecule has 2 nitrogen and oxygen atoms in total. The van der Waals surface area contributed by atoms with Crippen molar-refractivity contribution in [3.8, 4) is 11.8 Å². The maximum Gasteiger partial charge on any atom is 0.113 e. The van der Waals surface area contributed by atoms with Crippen molar-refractivity contribution in [3.63, 3.8) is 0 Å². The molecule has 0 saturated heterocycles. The molecule has 1 aromatic rings. The Morgan fingerprint density at radius 1 is 1.00 bits per heavy atom. The molecule has 1 fully saturated rings. The molecule has 2 heteroatoms. The van der Waals surface area contributed by atoms with Gasteiger partial charge in [-0.15, -0.1) is 0 Å². The monoisotopic (exact) mass is 495 g/mol. The van der Waals surface area contributed by atoms with Crippen molar-refractivity contribution in [2.75, 3.05) is 6.61 Å². The van der Waals surface area contributed by atoms with Crippen LogP contribution < -0.4 is 0 Å². The standard InChI is InChI=1S/C34H57NO/c1-12-27-20-29(21-27)22-28-14-15-30(35-23-28)17-18-32(7,8)24-33(9,10)25-36-34(11,13-2)19-16-26(3)31(4,5)6/h14-15,23,26-27,29H,12-13,16,19-22,24-25H2,1-11H3. The second-order valence-corrected chi connectivity index (χ2v) is 14.7. The van der Waals surface area contributed by atoms with Crippen molar-refractivity contribution in [3.05, 3.63) is 29.6 Å². The van der Waals surface area contributed by atoms with Gasteiger partial charge in [0.05, 0.1) is 12.2 Å². The van der Waals surface area contributed by atoms with Crippen molar-refractivity contribution in [2.45, 2.75) is 133 Å². The third-order valence-corrected chi connectivity index (χ3v) is 8.85. The Morgan fingerprint density at radius 2 is 1.67 bits per heavy atom. The summed E-state index contributed by atoms with van der Waals surface area (Å²) < 4.78 is 6.63. The van der Waals surface area contributed by atoms with Crippen LogP contribution in [-0.4, -0.2) is 17.2 Å². The lowest BCUT2D eigenvalue weighted by Crippen LogP contribution is -2.35. The molecule has 0 amide bonds. The van der Waals surface area contributed by atoms with Gasteiger partial charge in [0.25, 0.3) is 0 Å². The highest BCUT2D eigenvalue weighted by Crippen LogP contribution is 2.39. The van der Waals surface area contributed by atoms with E-state index >= 15 is 0 Å². The van der Waals surface area contributed by atoms with Gasteiger partial charge in [-0.2, -0.15) is 0 Å². The fourth-order valence-electron chi connectivity index (χ4n) is 5.53. The Bertz CT molecular complexity index is 857. The first-order chi connectivity index (χ1) is 16.6. The highest BCUT2D eigenvalue weighted by atomic mass is 16.5. The average molecular weight is 496 g/mol. The van der Waals surface area contributed by atoms with E-state index in [1.54, 1.807) is 0 Å². The van der Waals surface area contributed by atoms with E-state index in [2.05, 4.69) is 105 Å². The number of hydrogen-bond acceptors (Lipinski definition) is 2. The summed E-state index contributed by atoms with van der Waals surface area (Å²) in [6.45, 7) is 26.2. The lowest BCUT2D eigenvalue weighted by molar-refractivity contribution is -0.0825. The van der Waals surface area contributed by atoms with E-state index in [1.807, 2.05) is 6.20 Å². The number of aromatic nitrogens is 1. The maximum absolute atomic E-state index is 6.63. The van der Waals surface area contributed by atoms with Crippen molar-refractivity contribution >= 4 is 0 Å². The zero-order valence-electron chi connectivity index (χ0n) is 25.7. The van der Waals surface area contributed by atoms with E-state index in [9.17, 15) is 0 Å². The second-order valence-electron chi connectivity index (χ2n) is 14.7. The largest absolute Gasteiger partial charge is 0.375 e. The van der Waals surface area contributed by atoms with Crippen LogP contribution >= 0.6 is 0 Å². The van der Waals surface area contributed by atoms with Crippen LogP contribution in [0, 0.1) is 45.8 Å². The summed E-state index contributed by atoms with van der Waals surface area (Å²) in [5, 5.41) is 0. The molecule has 0 radical (unpaired) electrons. The predicted octanol–water partition coefficient (Wildman–Crippen LogP) is 9.50. The van der Waals surface area contributed by atoms with Gasteiger partial charge in [-0.05, 0) is 112 Å². The van der Waals surface area contributed by atoms with Gasteiger partial charge in [0, 0.05) is 11.6 Å². The molecule has 0 bridgehead atoms. The minimum Gasteiger partial charge on any atom is -0.375 e. The number of pyridine rings is 1. The molecule has 0 spiro atoms. The molecule has 2 rings (SSSR count). The number of hydrogen-bond donors (Lipinski definition) is 0. The Labute approximate surface area is 224 Å². The van der Waals surface area contributed by atoms with Crippen LogP contribution in [0.25, 0.3) is 0 Å². The summed E-state index contributed by atoms with van der Waals surface area (Å²) in [6, 6.07) is 4.33. The maximum atomic E-state index is 6.63. The van der Waals surface area contributed by atoms with Crippen LogP contribution in [0.15, 0.2) is 18.3 Å². The van der Waals surface area contributed by atoms with Crippen LogP contribution in [0.1, 0.15) is 132 Å². The van der Waals surface area contributed by atoms with E-state index < -0.39 is 0 Å². The van der Waals surface area contributed by atoms with Crippen molar-refractivity contribution < 1.29 is 4.74 Å². The number of nitrogens with zero attached hydrogens (tertiary/aromatic N) is 1. The van der Waals surface area contributed by atoms with E-state index in [0.29, 0.717) is 11.3 Å². The molecule has 1 aliphatic carbocycles. The molecule has 1 aliphatic rings. The molecule has 0 aromatic carbocycles. The quantitative estimate of drug-likeness (QED) is 0.269. The van der Waals surface area contributed by atoms with Gasteiger partial charge in [-0.1, -0.05) is 73.8 Å². The molecular formula is C34H57NO. The molecule has 0 N–H and O–H groups in total. The van der Waals surface area contributed by atoms with E-state index in [4.69, 9.17) is 4.74 Å². The summed E-state index contributed by atoms with van der Waals surface area (Å²) >= 11 is 0. The zero-order valence-corrected chi connectivity index (χ0v) is 25.7. The summed E-state index contributed by atoms with van der Waals surface area (Å²) in [5.74, 6) is 9.38. The van der Waals surface area contributed by atoms with Crippen LogP contribution in [0.2, 0.25) is 0 Å². The van der Waals surface area contributed by atoms with Gasteiger partial charge in [0.2, 0.25) is 0 Å². The lowest BCUT2D eigenvalue weighted by atomic mass is 9.71. The normalized spacial score (nSPS) is 21.2. The van der Waals surface area contributed by atoms with E-state index in [0.717, 1.165) is 43.4 Å².